The van der Waals surface area contributed by atoms with Crippen LogP contribution in [0.4, 0.5) is 5.69 Å². The molecular weight excluding hydrogens is 385 g/mol. The summed E-state index contributed by atoms with van der Waals surface area (Å²) in [5.41, 5.74) is -0.739. The van der Waals surface area contributed by atoms with Crippen molar-refractivity contribution in [3.8, 4) is 5.75 Å². The van der Waals surface area contributed by atoms with Gasteiger partial charge in [0.05, 0.1) is 9.79 Å². The maximum Gasteiger partial charge on any atom is 2.00 e. The van der Waals surface area contributed by atoms with E-state index in [1.165, 1.54) is 0 Å². The molecule has 0 unspecified atom stereocenters. The molecule has 0 aliphatic carbocycles. The number of nitrogens with zero attached hydrogens (tertiary/aromatic N) is 1. The van der Waals surface area contributed by atoms with Gasteiger partial charge in [-0.3, -0.25) is 0 Å². The van der Waals surface area contributed by atoms with E-state index < -0.39 is 41.5 Å². The van der Waals surface area contributed by atoms with Gasteiger partial charge in [-0.2, -0.15) is 0 Å². The number of phenolic OH excluding ortho intramolecular Hbond substituents is 1. The van der Waals surface area contributed by atoms with Crippen molar-refractivity contribution in [1.82, 2.24) is 0 Å². The van der Waals surface area contributed by atoms with E-state index in [-0.39, 0.29) is 27.3 Å². The Labute approximate surface area is 134 Å². The molecule has 2 rings (SSSR count). The average Bonchev–Trinajstić information content (AvgIpc) is 2.35. The summed E-state index contributed by atoms with van der Waals surface area (Å²) in [7, 11) is -9.95. The number of phenols is 1. The second kappa shape index (κ2) is 5.90. The zero-order valence-corrected chi connectivity index (χ0v) is 12.8. The molecule has 0 spiro atoms. The first-order valence-electron chi connectivity index (χ1n) is 5.10. The molecule has 0 amide bonds. The molecule has 12 heteroatoms. The normalized spacial score (nSPS) is 11.9. The quantitative estimate of drug-likeness (QED) is 0.456. The van der Waals surface area contributed by atoms with Crippen LogP contribution < -0.4 is 0 Å². The molecule has 0 aromatic heterocycles. The third-order valence-corrected chi connectivity index (χ3v) is 4.35. The van der Waals surface area contributed by atoms with Crippen LogP contribution in [-0.4, -0.2) is 31.0 Å². The summed E-state index contributed by atoms with van der Waals surface area (Å²) in [6, 6.07) is 3.30. The minimum Gasteiger partial charge on any atom is -0.744 e. The number of benzene rings is 2. The van der Waals surface area contributed by atoms with Crippen LogP contribution in [0.2, 0.25) is 0 Å². The minimum atomic E-state index is -5.13. The maximum absolute atomic E-state index is 11.0. The Morgan fingerprint density at radius 2 is 1.59 bits per heavy atom. The Hall–Kier alpha value is -1.59. The number of rotatable bonds is 3. The number of hydrogen-bond donors (Lipinski definition) is 1. The summed E-state index contributed by atoms with van der Waals surface area (Å²) in [6.45, 7) is 0. The van der Waals surface area contributed by atoms with E-state index in [0.29, 0.717) is 6.07 Å². The smallest absolute Gasteiger partial charge is 0.744 e. The predicted octanol–water partition coefficient (Wildman–Crippen LogP) is 0.749. The molecule has 0 aliphatic rings. The van der Waals surface area contributed by atoms with E-state index in [1.807, 2.05) is 0 Å². The summed E-state index contributed by atoms with van der Waals surface area (Å²) < 4.78 is 65.8. The fourth-order valence-electron chi connectivity index (χ4n) is 1.77. The van der Waals surface area contributed by atoms with Crippen LogP contribution in [0.5, 0.6) is 5.75 Å². The van der Waals surface area contributed by atoms with Gasteiger partial charge in [0.25, 0.3) is 0 Å². The molecule has 2 aromatic carbocycles. The van der Waals surface area contributed by atoms with Gasteiger partial charge in [-0.25, -0.2) is 16.8 Å². The fourth-order valence-corrected chi connectivity index (χ4v) is 2.88. The van der Waals surface area contributed by atoms with Gasteiger partial charge in [-0.15, -0.1) is 4.91 Å². The van der Waals surface area contributed by atoms with Gasteiger partial charge in [0.1, 0.15) is 20.2 Å². The molecule has 0 fully saturated rings. The van der Waals surface area contributed by atoms with Gasteiger partial charge < -0.3 is 14.2 Å². The first kappa shape index (κ1) is 18.5. The van der Waals surface area contributed by atoms with Crippen LogP contribution in [-0.2, 0) is 36.7 Å². The molecule has 0 heterocycles. The predicted molar refractivity (Wildman–Crippen MR) is 67.0 cm³/mol. The monoisotopic (exact) mass is 389 g/mol. The van der Waals surface area contributed by atoms with Crippen molar-refractivity contribution >= 4 is 36.7 Å². The average molecular weight is 390 g/mol. The Kier molecular flexibility index (Phi) is 4.95. The van der Waals surface area contributed by atoms with E-state index >= 15 is 0 Å². The van der Waals surface area contributed by atoms with Crippen LogP contribution in [0.1, 0.15) is 0 Å². The fraction of sp³-hybridized carbons (Fsp3) is 0. The molecule has 0 saturated carbocycles. The molecular formula is C10H5NNiO8S2. The first-order valence-corrected chi connectivity index (χ1v) is 7.92. The zero-order chi connectivity index (χ0) is 16.0. The van der Waals surface area contributed by atoms with Crippen molar-refractivity contribution in [3.63, 3.8) is 0 Å². The Bertz CT molecular complexity index is 968. The molecule has 2 aromatic rings. The van der Waals surface area contributed by atoms with E-state index in [1.54, 1.807) is 0 Å². The van der Waals surface area contributed by atoms with Crippen LogP contribution >= 0.6 is 0 Å². The van der Waals surface area contributed by atoms with Crippen molar-refractivity contribution in [1.29, 1.82) is 0 Å². The van der Waals surface area contributed by atoms with E-state index in [0.717, 1.165) is 18.2 Å². The third-order valence-electron chi connectivity index (χ3n) is 2.67. The van der Waals surface area contributed by atoms with E-state index in [2.05, 4.69) is 5.18 Å². The summed E-state index contributed by atoms with van der Waals surface area (Å²) in [6.07, 6.45) is 0. The molecule has 0 saturated heterocycles. The molecule has 0 aliphatic heterocycles. The topological polar surface area (TPSA) is 164 Å². The third kappa shape index (κ3) is 3.26. The molecule has 1 N–H and O–H groups in total. The van der Waals surface area contributed by atoms with Gasteiger partial charge in [-0.05, 0) is 28.8 Å². The van der Waals surface area contributed by atoms with Crippen LogP contribution in [0.15, 0.2) is 39.2 Å². The van der Waals surface area contributed by atoms with Crippen molar-refractivity contribution in [2.75, 3.05) is 0 Å². The zero-order valence-electron chi connectivity index (χ0n) is 10.2. The van der Waals surface area contributed by atoms with Gasteiger partial charge >= 0.3 is 16.5 Å². The summed E-state index contributed by atoms with van der Waals surface area (Å²) in [5, 5.41) is 11.7. The van der Waals surface area contributed by atoms with Gasteiger partial charge in [0, 0.05) is 5.39 Å². The van der Waals surface area contributed by atoms with Crippen molar-refractivity contribution < 1.29 is 47.5 Å². The number of nitroso groups, excluding NO2 is 1. The summed E-state index contributed by atoms with van der Waals surface area (Å²) in [4.78, 5) is 8.89. The number of aromatic hydroxyl groups is 1. The Morgan fingerprint density at radius 3 is 2.05 bits per heavy atom. The summed E-state index contributed by atoms with van der Waals surface area (Å²) in [5.74, 6) is -1.13. The number of hydrogen-bond acceptors (Lipinski definition) is 9. The van der Waals surface area contributed by atoms with Crippen molar-refractivity contribution in [3.05, 3.63) is 29.2 Å². The Balaban J connectivity index is 0.00000242. The second-order valence-electron chi connectivity index (χ2n) is 3.95. The van der Waals surface area contributed by atoms with Crippen molar-refractivity contribution in [2.45, 2.75) is 9.79 Å². The Morgan fingerprint density at radius 1 is 1.00 bits per heavy atom. The number of fused-ring (bicyclic) bond motifs is 1. The van der Waals surface area contributed by atoms with E-state index in [4.69, 9.17) is 0 Å². The maximum atomic E-state index is 11.0. The van der Waals surface area contributed by atoms with Crippen LogP contribution in [0.25, 0.3) is 10.8 Å². The minimum absolute atomic E-state index is 0. The van der Waals surface area contributed by atoms with Crippen LogP contribution in [0, 0.1) is 4.91 Å². The van der Waals surface area contributed by atoms with Crippen molar-refractivity contribution in [2.24, 2.45) is 5.18 Å². The SMILES string of the molecule is O=Nc1c(O)c(S(=O)(=O)[O-])cc2cc(S(=O)(=O)[O-])ccc12.[Ni+2]. The molecule has 0 radical (unpaired) electrons. The molecule has 22 heavy (non-hydrogen) atoms. The molecule has 0 atom stereocenters. The van der Waals surface area contributed by atoms with Crippen LogP contribution in [0.3, 0.4) is 0 Å². The molecule has 120 valence electrons. The summed E-state index contributed by atoms with van der Waals surface area (Å²) >= 11 is 0. The van der Waals surface area contributed by atoms with Gasteiger partial charge in [0.15, 0.2) is 11.4 Å². The second-order valence-corrected chi connectivity index (χ2v) is 6.68. The first-order chi connectivity index (χ1) is 9.55. The van der Waals surface area contributed by atoms with Gasteiger partial charge in [-0.1, -0.05) is 6.07 Å². The van der Waals surface area contributed by atoms with Gasteiger partial charge in [0.2, 0.25) is 0 Å². The molecule has 9 nitrogen and oxygen atoms in total. The standard InChI is InChI=1S/C10H7NO8S2.Ni/c12-10-8(21(17,18)19)4-5-3-6(20(14,15)16)1-2-7(5)9(10)11-13;/h1-4,12H,(H,14,15,16)(H,17,18,19);/q;+2/p-2. The molecule has 0 bridgehead atoms. The van der Waals surface area contributed by atoms with E-state index in [9.17, 15) is 36.0 Å². The largest absolute Gasteiger partial charge is 2.00 e.